The number of hydrogen-bond acceptors (Lipinski definition) is 6. The normalized spacial score (nSPS) is 12.3. The number of carbonyl (C=O) groups excluding carboxylic acids is 1. The van der Waals surface area contributed by atoms with Gasteiger partial charge in [-0.15, -0.1) is 0 Å². The molecule has 1 heterocycles. The van der Waals surface area contributed by atoms with Crippen molar-refractivity contribution in [3.8, 4) is 0 Å². The molecule has 7 nitrogen and oxygen atoms in total. The Labute approximate surface area is 191 Å². The zero-order valence-corrected chi connectivity index (χ0v) is 20.1. The first kappa shape index (κ1) is 23.6. The molecule has 31 heavy (non-hydrogen) atoms. The number of nitrogens with one attached hydrogen (secondary N) is 1. The lowest BCUT2D eigenvalue weighted by Crippen LogP contribution is -2.40. The molecule has 1 N–H and O–H groups in total. The molecular formula is C21H24ClN3O4S2. The summed E-state index contributed by atoms with van der Waals surface area (Å²) in [6.07, 6.45) is 0. The van der Waals surface area contributed by atoms with E-state index in [0.29, 0.717) is 11.7 Å². The fourth-order valence-electron chi connectivity index (χ4n) is 2.90. The minimum Gasteiger partial charge on any atom is -0.383 e. The molecule has 0 fully saturated rings. The second kappa shape index (κ2) is 9.22. The van der Waals surface area contributed by atoms with E-state index in [1.807, 2.05) is 24.3 Å². The van der Waals surface area contributed by atoms with E-state index in [-0.39, 0.29) is 27.9 Å². The maximum Gasteiger partial charge on any atom is 0.260 e. The molecule has 0 radical (unpaired) electrons. The van der Waals surface area contributed by atoms with Gasteiger partial charge >= 0.3 is 0 Å². The number of aromatic nitrogens is 1. The van der Waals surface area contributed by atoms with E-state index >= 15 is 0 Å². The van der Waals surface area contributed by atoms with Crippen LogP contribution in [0.5, 0.6) is 0 Å². The lowest BCUT2D eigenvalue weighted by Gasteiger charge is -2.22. The molecule has 0 aliphatic carbocycles. The smallest absolute Gasteiger partial charge is 0.260 e. The van der Waals surface area contributed by atoms with Crippen molar-refractivity contribution in [2.24, 2.45) is 0 Å². The molecule has 1 amide bonds. The van der Waals surface area contributed by atoms with E-state index in [9.17, 15) is 13.2 Å². The molecule has 0 saturated carbocycles. The molecule has 0 bridgehead atoms. The highest BCUT2D eigenvalue weighted by atomic mass is 35.5. The summed E-state index contributed by atoms with van der Waals surface area (Å²) in [6, 6.07) is 11.8. The van der Waals surface area contributed by atoms with Crippen LogP contribution in [0.1, 0.15) is 31.1 Å². The van der Waals surface area contributed by atoms with Crippen LogP contribution in [-0.2, 0) is 14.8 Å². The molecule has 2 aromatic carbocycles. The SMILES string of the molecule is COCCN(C(=O)c1ccc(Cl)c(S(=O)(=O)NC(C)(C)C)c1)c1nc2ccccc2s1. The molecule has 1 aromatic heterocycles. The molecule has 0 saturated heterocycles. The maximum atomic E-state index is 13.4. The van der Waals surface area contributed by atoms with Crippen LogP contribution >= 0.6 is 22.9 Å². The Morgan fingerprint density at radius 1 is 1.23 bits per heavy atom. The number of para-hydroxylation sites is 1. The number of benzene rings is 2. The lowest BCUT2D eigenvalue weighted by molar-refractivity contribution is 0.0975. The number of sulfonamides is 1. The van der Waals surface area contributed by atoms with Crippen LogP contribution in [0.25, 0.3) is 10.2 Å². The summed E-state index contributed by atoms with van der Waals surface area (Å²) in [5.74, 6) is -0.389. The number of carbonyl (C=O) groups is 1. The largest absolute Gasteiger partial charge is 0.383 e. The average Bonchev–Trinajstić information content (AvgIpc) is 3.10. The third-order valence-corrected chi connectivity index (χ3v) is 7.48. The molecule has 0 aliphatic rings. The predicted molar refractivity (Wildman–Crippen MR) is 125 cm³/mol. The Kier molecular flexibility index (Phi) is 7.02. The first-order valence-electron chi connectivity index (χ1n) is 9.52. The van der Waals surface area contributed by atoms with Gasteiger partial charge in [-0.3, -0.25) is 9.69 Å². The molecule has 0 atom stereocenters. The summed E-state index contributed by atoms with van der Waals surface area (Å²) in [5.41, 5.74) is 0.272. The monoisotopic (exact) mass is 481 g/mol. The molecule has 0 aliphatic heterocycles. The summed E-state index contributed by atoms with van der Waals surface area (Å²) in [5, 5.41) is 0.548. The Morgan fingerprint density at radius 2 is 1.94 bits per heavy atom. The van der Waals surface area contributed by atoms with Crippen molar-refractivity contribution in [3.63, 3.8) is 0 Å². The van der Waals surface area contributed by atoms with Gasteiger partial charge in [0.05, 0.1) is 28.4 Å². The van der Waals surface area contributed by atoms with Gasteiger partial charge in [0.2, 0.25) is 10.0 Å². The number of amides is 1. The zero-order valence-electron chi connectivity index (χ0n) is 17.7. The predicted octanol–water partition coefficient (Wildman–Crippen LogP) is 4.32. The lowest BCUT2D eigenvalue weighted by atomic mass is 10.1. The average molecular weight is 482 g/mol. The molecule has 166 valence electrons. The van der Waals surface area contributed by atoms with E-state index in [1.54, 1.807) is 27.9 Å². The van der Waals surface area contributed by atoms with Gasteiger partial charge in [-0.1, -0.05) is 35.1 Å². The number of rotatable bonds is 7. The quantitative estimate of drug-likeness (QED) is 0.543. The van der Waals surface area contributed by atoms with Gasteiger partial charge < -0.3 is 4.74 Å². The third kappa shape index (κ3) is 5.61. The summed E-state index contributed by atoms with van der Waals surface area (Å²) in [6.45, 7) is 5.75. The minimum atomic E-state index is -3.92. The van der Waals surface area contributed by atoms with Crippen LogP contribution in [0.15, 0.2) is 47.4 Å². The van der Waals surface area contributed by atoms with Crippen LogP contribution in [0.4, 0.5) is 5.13 Å². The summed E-state index contributed by atoms with van der Waals surface area (Å²) < 4.78 is 34.3. The van der Waals surface area contributed by atoms with Gasteiger partial charge in [-0.25, -0.2) is 18.1 Å². The van der Waals surface area contributed by atoms with Crippen molar-refractivity contribution in [3.05, 3.63) is 53.1 Å². The number of thiazole rings is 1. The van der Waals surface area contributed by atoms with Crippen LogP contribution in [0.2, 0.25) is 5.02 Å². The van der Waals surface area contributed by atoms with Crippen LogP contribution < -0.4 is 9.62 Å². The van der Waals surface area contributed by atoms with Gasteiger partial charge in [0, 0.05) is 18.2 Å². The third-order valence-electron chi connectivity index (χ3n) is 4.19. The van der Waals surface area contributed by atoms with Crippen molar-refractivity contribution in [2.45, 2.75) is 31.2 Å². The second-order valence-electron chi connectivity index (χ2n) is 7.91. The van der Waals surface area contributed by atoms with E-state index < -0.39 is 15.6 Å². The van der Waals surface area contributed by atoms with Crippen molar-refractivity contribution in [2.75, 3.05) is 25.2 Å². The van der Waals surface area contributed by atoms with Gasteiger partial charge in [0.25, 0.3) is 5.91 Å². The van der Waals surface area contributed by atoms with Crippen molar-refractivity contribution in [1.82, 2.24) is 9.71 Å². The molecule has 3 rings (SSSR count). The Morgan fingerprint density at radius 3 is 2.58 bits per heavy atom. The van der Waals surface area contributed by atoms with Gasteiger partial charge in [-0.05, 0) is 51.1 Å². The summed E-state index contributed by atoms with van der Waals surface area (Å²) >= 11 is 7.55. The molecular weight excluding hydrogens is 458 g/mol. The summed E-state index contributed by atoms with van der Waals surface area (Å²) in [7, 11) is -2.38. The Bertz CT molecular complexity index is 1170. The first-order valence-corrected chi connectivity index (χ1v) is 12.2. The summed E-state index contributed by atoms with van der Waals surface area (Å²) in [4.78, 5) is 19.3. The van der Waals surface area contributed by atoms with E-state index in [2.05, 4.69) is 9.71 Å². The standard InChI is InChI=1S/C21H24ClN3O4S2/c1-21(2,3)24-31(27,28)18-13-14(9-10-15(18)22)19(26)25(11-12-29-4)20-23-16-7-5-6-8-17(16)30-20/h5-10,13,24H,11-12H2,1-4H3. The number of anilines is 1. The van der Waals surface area contributed by atoms with Crippen molar-refractivity contribution >= 4 is 54.2 Å². The first-order chi connectivity index (χ1) is 14.5. The fraction of sp³-hybridized carbons (Fsp3) is 0.333. The molecule has 3 aromatic rings. The van der Waals surface area contributed by atoms with Crippen LogP contribution in [-0.4, -0.2) is 45.1 Å². The number of hydrogen-bond donors (Lipinski definition) is 1. The Balaban J connectivity index is 2.02. The van der Waals surface area contributed by atoms with Gasteiger partial charge in [-0.2, -0.15) is 0 Å². The number of ether oxygens (including phenoxy) is 1. The minimum absolute atomic E-state index is 0.0386. The number of fused-ring (bicyclic) bond motifs is 1. The molecule has 0 spiro atoms. The van der Waals surface area contributed by atoms with Gasteiger partial charge in [0.1, 0.15) is 4.90 Å². The number of halogens is 1. The van der Waals surface area contributed by atoms with E-state index in [4.69, 9.17) is 16.3 Å². The fourth-order valence-corrected chi connectivity index (χ4v) is 5.83. The molecule has 0 unspecified atom stereocenters. The van der Waals surface area contributed by atoms with Gasteiger partial charge in [0.15, 0.2) is 5.13 Å². The second-order valence-corrected chi connectivity index (χ2v) is 11.0. The topological polar surface area (TPSA) is 88.6 Å². The van der Waals surface area contributed by atoms with E-state index in [1.165, 1.54) is 34.4 Å². The zero-order chi connectivity index (χ0) is 22.8. The van der Waals surface area contributed by atoms with Crippen molar-refractivity contribution in [1.29, 1.82) is 0 Å². The maximum absolute atomic E-state index is 13.4. The Hall–Kier alpha value is -2.04. The number of nitrogens with zero attached hydrogens (tertiary/aromatic N) is 2. The van der Waals surface area contributed by atoms with Crippen LogP contribution in [0, 0.1) is 0 Å². The molecule has 10 heteroatoms. The highest BCUT2D eigenvalue weighted by molar-refractivity contribution is 7.89. The van der Waals surface area contributed by atoms with Crippen molar-refractivity contribution < 1.29 is 17.9 Å². The highest BCUT2D eigenvalue weighted by Gasteiger charge is 2.27. The van der Waals surface area contributed by atoms with Crippen LogP contribution in [0.3, 0.4) is 0 Å². The number of methoxy groups -OCH3 is 1. The van der Waals surface area contributed by atoms with E-state index in [0.717, 1.165) is 10.2 Å². The highest BCUT2D eigenvalue weighted by Crippen LogP contribution is 2.30.